The van der Waals surface area contributed by atoms with Crippen LogP contribution in [-0.2, 0) is 9.59 Å². The van der Waals surface area contributed by atoms with Gasteiger partial charge in [-0.05, 0) is 48.6 Å². The SMILES string of the molecule is COc1ccc(C(NC(=O)[C@@H]2CCC[C@@H]2CO)C(=O)Nc2ccc([Si](C)(C)C)cc2)cc1. The highest BCUT2D eigenvalue weighted by atomic mass is 28.3. The number of carbonyl (C=O) groups is 2. The van der Waals surface area contributed by atoms with Gasteiger partial charge in [0.15, 0.2) is 0 Å². The van der Waals surface area contributed by atoms with Gasteiger partial charge in [-0.15, -0.1) is 0 Å². The van der Waals surface area contributed by atoms with Gasteiger partial charge in [0.05, 0.1) is 15.2 Å². The standard InChI is InChI=1S/C25H34N2O4Si/c1-31-20-12-8-17(9-13-20)23(27-24(29)22-7-5-6-18(22)16-28)25(30)26-19-10-14-21(15-11-19)32(2,3)4/h8-15,18,22-23,28H,5-7,16H2,1-4H3,(H,26,30)(H,27,29)/t18-,22-,23?/m1/s1. The van der Waals surface area contributed by atoms with E-state index < -0.39 is 14.1 Å². The van der Waals surface area contributed by atoms with E-state index in [1.165, 1.54) is 5.19 Å². The lowest BCUT2D eigenvalue weighted by atomic mass is 9.95. The number of rotatable bonds is 8. The van der Waals surface area contributed by atoms with E-state index in [1.54, 1.807) is 31.4 Å². The van der Waals surface area contributed by atoms with Crippen LogP contribution in [0.5, 0.6) is 5.75 Å². The molecule has 6 nitrogen and oxygen atoms in total. The van der Waals surface area contributed by atoms with Crippen LogP contribution in [0, 0.1) is 11.8 Å². The molecule has 172 valence electrons. The molecule has 2 aromatic rings. The number of methoxy groups -OCH3 is 1. The smallest absolute Gasteiger partial charge is 0.251 e. The van der Waals surface area contributed by atoms with Crippen LogP contribution in [0.2, 0.25) is 19.6 Å². The molecule has 1 aliphatic carbocycles. The minimum atomic E-state index is -1.43. The predicted molar refractivity (Wildman–Crippen MR) is 130 cm³/mol. The molecule has 0 bridgehead atoms. The molecular weight excluding hydrogens is 420 g/mol. The third-order valence-corrected chi connectivity index (χ3v) is 8.31. The number of carbonyl (C=O) groups excluding carboxylic acids is 2. The molecule has 3 N–H and O–H groups in total. The molecule has 0 spiro atoms. The molecule has 1 unspecified atom stereocenters. The summed E-state index contributed by atoms with van der Waals surface area (Å²) in [4.78, 5) is 26.3. The van der Waals surface area contributed by atoms with Gasteiger partial charge in [-0.25, -0.2) is 0 Å². The lowest BCUT2D eigenvalue weighted by Crippen LogP contribution is -2.41. The highest BCUT2D eigenvalue weighted by molar-refractivity contribution is 6.88. The Morgan fingerprint density at radius 2 is 1.72 bits per heavy atom. The molecule has 0 saturated heterocycles. The van der Waals surface area contributed by atoms with Gasteiger partial charge < -0.3 is 20.5 Å². The zero-order chi connectivity index (χ0) is 23.3. The number of nitrogens with one attached hydrogen (secondary N) is 2. The van der Waals surface area contributed by atoms with Crippen molar-refractivity contribution in [3.8, 4) is 5.75 Å². The number of aliphatic hydroxyl groups is 1. The highest BCUT2D eigenvalue weighted by Gasteiger charge is 2.35. The summed E-state index contributed by atoms with van der Waals surface area (Å²) in [5.74, 6) is -0.139. The molecule has 32 heavy (non-hydrogen) atoms. The number of anilines is 1. The van der Waals surface area contributed by atoms with E-state index in [2.05, 4.69) is 42.4 Å². The van der Waals surface area contributed by atoms with Crippen molar-refractivity contribution in [2.45, 2.75) is 44.9 Å². The van der Waals surface area contributed by atoms with Crippen molar-refractivity contribution in [1.82, 2.24) is 5.32 Å². The number of aliphatic hydroxyl groups excluding tert-OH is 1. The van der Waals surface area contributed by atoms with Crippen molar-refractivity contribution >= 4 is 30.8 Å². The lowest BCUT2D eigenvalue weighted by molar-refractivity contribution is -0.130. The summed E-state index contributed by atoms with van der Waals surface area (Å²) in [6, 6.07) is 14.2. The van der Waals surface area contributed by atoms with E-state index >= 15 is 0 Å². The molecule has 0 aromatic heterocycles. The second kappa shape index (κ2) is 10.3. The van der Waals surface area contributed by atoms with Crippen molar-refractivity contribution in [1.29, 1.82) is 0 Å². The maximum atomic E-state index is 13.3. The summed E-state index contributed by atoms with van der Waals surface area (Å²) < 4.78 is 5.22. The zero-order valence-corrected chi connectivity index (χ0v) is 20.4. The van der Waals surface area contributed by atoms with Gasteiger partial charge in [0.2, 0.25) is 5.91 Å². The van der Waals surface area contributed by atoms with E-state index in [1.807, 2.05) is 12.1 Å². The van der Waals surface area contributed by atoms with E-state index in [9.17, 15) is 14.7 Å². The number of hydrogen-bond donors (Lipinski definition) is 3. The third-order valence-electron chi connectivity index (χ3n) is 6.25. The van der Waals surface area contributed by atoms with Crippen LogP contribution in [0.1, 0.15) is 30.9 Å². The van der Waals surface area contributed by atoms with Crippen molar-refractivity contribution in [3.05, 3.63) is 54.1 Å². The van der Waals surface area contributed by atoms with Crippen LogP contribution >= 0.6 is 0 Å². The van der Waals surface area contributed by atoms with Crippen LogP contribution < -0.4 is 20.6 Å². The van der Waals surface area contributed by atoms with Gasteiger partial charge in [-0.2, -0.15) is 0 Å². The summed E-state index contributed by atoms with van der Waals surface area (Å²) in [5.41, 5.74) is 1.37. The second-order valence-corrected chi connectivity index (χ2v) is 14.6. The topological polar surface area (TPSA) is 87.7 Å². The Morgan fingerprint density at radius 3 is 2.28 bits per heavy atom. The molecule has 0 heterocycles. The maximum Gasteiger partial charge on any atom is 0.251 e. The lowest BCUT2D eigenvalue weighted by Gasteiger charge is -2.23. The minimum Gasteiger partial charge on any atom is -0.497 e. The largest absolute Gasteiger partial charge is 0.497 e. The van der Waals surface area contributed by atoms with Crippen LogP contribution in [0.15, 0.2) is 48.5 Å². The first kappa shape index (κ1) is 24.0. The normalized spacial score (nSPS) is 19.3. The second-order valence-electron chi connectivity index (χ2n) is 9.51. The minimum absolute atomic E-state index is 0.0130. The van der Waals surface area contributed by atoms with Crippen molar-refractivity contribution in [2.75, 3.05) is 19.0 Å². The third kappa shape index (κ3) is 5.78. The first-order chi connectivity index (χ1) is 15.2. The molecule has 1 aliphatic rings. The monoisotopic (exact) mass is 454 g/mol. The molecular formula is C25H34N2O4Si. The Labute approximate surface area is 191 Å². The Morgan fingerprint density at radius 1 is 1.06 bits per heavy atom. The summed E-state index contributed by atoms with van der Waals surface area (Å²) in [5, 5.41) is 16.8. The Balaban J connectivity index is 1.80. The summed E-state index contributed by atoms with van der Waals surface area (Å²) in [6.07, 6.45) is 2.47. The van der Waals surface area contributed by atoms with E-state index in [4.69, 9.17) is 4.74 Å². The molecule has 2 aromatic carbocycles. The number of amides is 2. The molecule has 3 atom stereocenters. The zero-order valence-electron chi connectivity index (χ0n) is 19.4. The van der Waals surface area contributed by atoms with E-state index in [0.717, 1.165) is 19.3 Å². The molecule has 1 saturated carbocycles. The van der Waals surface area contributed by atoms with Crippen molar-refractivity contribution in [3.63, 3.8) is 0 Å². The Bertz CT molecular complexity index is 922. The van der Waals surface area contributed by atoms with E-state index in [0.29, 0.717) is 17.0 Å². The fourth-order valence-corrected chi connectivity index (χ4v) is 5.38. The van der Waals surface area contributed by atoms with Crippen molar-refractivity contribution in [2.24, 2.45) is 11.8 Å². The van der Waals surface area contributed by atoms with Crippen LogP contribution in [0.4, 0.5) is 5.69 Å². The first-order valence-corrected chi connectivity index (χ1v) is 14.7. The molecule has 0 radical (unpaired) electrons. The quantitative estimate of drug-likeness (QED) is 0.533. The molecule has 3 rings (SSSR count). The average molecular weight is 455 g/mol. The summed E-state index contributed by atoms with van der Waals surface area (Å²) in [6.45, 7) is 6.82. The molecule has 7 heteroatoms. The van der Waals surface area contributed by atoms with Crippen molar-refractivity contribution < 1.29 is 19.4 Å². The number of ether oxygens (including phenoxy) is 1. The highest BCUT2D eigenvalue weighted by Crippen LogP contribution is 2.32. The first-order valence-electron chi connectivity index (χ1n) is 11.2. The van der Waals surface area contributed by atoms with Crippen LogP contribution in [0.3, 0.4) is 0 Å². The van der Waals surface area contributed by atoms with Crippen LogP contribution in [0.25, 0.3) is 0 Å². The molecule has 1 fully saturated rings. The molecule has 2 amide bonds. The van der Waals surface area contributed by atoms with E-state index in [-0.39, 0.29) is 30.3 Å². The predicted octanol–water partition coefficient (Wildman–Crippen LogP) is 3.45. The number of hydrogen-bond acceptors (Lipinski definition) is 4. The average Bonchev–Trinajstić information content (AvgIpc) is 3.26. The Hall–Kier alpha value is -2.64. The van der Waals surface area contributed by atoms with Gasteiger partial charge in [0.1, 0.15) is 11.8 Å². The van der Waals surface area contributed by atoms with Gasteiger partial charge in [-0.1, -0.05) is 55.5 Å². The van der Waals surface area contributed by atoms with Gasteiger partial charge in [0.25, 0.3) is 5.91 Å². The van der Waals surface area contributed by atoms with Gasteiger partial charge in [0, 0.05) is 18.2 Å². The summed E-state index contributed by atoms with van der Waals surface area (Å²) in [7, 11) is 0.155. The fourth-order valence-electron chi connectivity index (χ4n) is 4.21. The van der Waals surface area contributed by atoms with Crippen LogP contribution in [-0.4, -0.2) is 38.7 Å². The summed E-state index contributed by atoms with van der Waals surface area (Å²) >= 11 is 0. The molecule has 0 aliphatic heterocycles. The van der Waals surface area contributed by atoms with Gasteiger partial charge in [-0.3, -0.25) is 9.59 Å². The fraction of sp³-hybridized carbons (Fsp3) is 0.440. The van der Waals surface area contributed by atoms with Gasteiger partial charge >= 0.3 is 0 Å². The number of benzene rings is 2. The maximum absolute atomic E-state index is 13.3. The Kier molecular flexibility index (Phi) is 7.74.